The first-order valence-corrected chi connectivity index (χ1v) is 12.4. The second-order valence-corrected chi connectivity index (χ2v) is 8.70. The molecule has 42 heavy (non-hydrogen) atoms. The number of anilines is 2. The van der Waals surface area contributed by atoms with Crippen LogP contribution < -0.4 is 22.6 Å². The molecule has 12 heteroatoms. The number of H-pyrrole nitrogens is 2. The summed E-state index contributed by atoms with van der Waals surface area (Å²) >= 11 is 0. The van der Waals surface area contributed by atoms with Crippen LogP contribution in [0.15, 0.2) is 94.8 Å². The van der Waals surface area contributed by atoms with Crippen LogP contribution in [-0.2, 0) is 50.0 Å². The molecule has 2 aromatic carbocycles. The number of pyridine rings is 2. The molecule has 0 bridgehead atoms. The molecule has 0 saturated heterocycles. The first kappa shape index (κ1) is 31.9. The zero-order valence-corrected chi connectivity index (χ0v) is 24.9. The molecule has 6 aromatic rings. The summed E-state index contributed by atoms with van der Waals surface area (Å²) in [6.07, 6.45) is 4.96. The van der Waals surface area contributed by atoms with Crippen LogP contribution in [0.4, 0.5) is 11.9 Å². The topological polar surface area (TPSA) is 169 Å². The molecule has 4 aromatic heterocycles. The Kier molecular flexibility index (Phi) is 11.3. The first-order valence-electron chi connectivity index (χ1n) is 12.4. The molecule has 4 heterocycles. The standard InChI is InChI=1S/C15H14N4O.C15H10N4O.2V/c2*16-15-18-12-6-3-4-10(13(12)14(20)19-15)7-8-11-5-1-2-9-17-11;;/h1-6,9H,7-8H2,(H3,16,18,19,20);1-6,9H,(H3,16,18,19,20);;. The molecule has 0 amide bonds. The van der Waals surface area contributed by atoms with E-state index in [0.29, 0.717) is 33.1 Å². The Labute approximate surface area is 264 Å². The van der Waals surface area contributed by atoms with E-state index in [9.17, 15) is 9.59 Å². The smallest absolute Gasteiger partial charge is 0.261 e. The van der Waals surface area contributed by atoms with Crippen LogP contribution in [0, 0.1) is 11.8 Å². The maximum Gasteiger partial charge on any atom is 0.261 e. The molecule has 6 N–H and O–H groups in total. The van der Waals surface area contributed by atoms with Crippen molar-refractivity contribution in [3.63, 3.8) is 0 Å². The number of hydrogen-bond donors (Lipinski definition) is 4. The average Bonchev–Trinajstić information content (AvgIpc) is 2.96. The minimum atomic E-state index is -0.293. The summed E-state index contributed by atoms with van der Waals surface area (Å²) in [6, 6.07) is 22.2. The normalized spacial score (nSPS) is 9.90. The Bertz CT molecular complexity index is 1990. The van der Waals surface area contributed by atoms with E-state index in [1.165, 1.54) is 0 Å². The first-order chi connectivity index (χ1) is 19.5. The van der Waals surface area contributed by atoms with Crippen molar-refractivity contribution in [1.82, 2.24) is 29.9 Å². The predicted molar refractivity (Wildman–Crippen MR) is 155 cm³/mol. The van der Waals surface area contributed by atoms with Gasteiger partial charge in [0.25, 0.3) is 11.1 Å². The molecule has 0 fully saturated rings. The van der Waals surface area contributed by atoms with Crippen molar-refractivity contribution in [3.8, 4) is 11.8 Å². The number of nitrogens with zero attached hydrogens (tertiary/aromatic N) is 4. The molecule has 0 aliphatic heterocycles. The molecule has 0 spiro atoms. The number of fused-ring (bicyclic) bond motifs is 2. The van der Waals surface area contributed by atoms with Gasteiger partial charge in [0.05, 0.1) is 21.8 Å². The van der Waals surface area contributed by atoms with Crippen molar-refractivity contribution < 1.29 is 37.1 Å². The summed E-state index contributed by atoms with van der Waals surface area (Å²) in [5, 5.41) is 1.04. The van der Waals surface area contributed by atoms with Crippen LogP contribution in [0.25, 0.3) is 21.8 Å². The van der Waals surface area contributed by atoms with Crippen molar-refractivity contribution in [2.75, 3.05) is 11.5 Å². The number of nitrogens with two attached hydrogens (primary N) is 2. The SMILES string of the molecule is Nc1nc2cccc(C#Cc3ccccn3)c2c(=O)[nH]1.Nc1nc2cccc(CCc3ccccn3)c2c(=O)[nH]1.[V].[V]. The number of benzene rings is 2. The summed E-state index contributed by atoms with van der Waals surface area (Å²) in [4.78, 5) is 45.7. The van der Waals surface area contributed by atoms with Gasteiger partial charge in [-0.25, -0.2) is 15.0 Å². The van der Waals surface area contributed by atoms with Crippen LogP contribution in [0.2, 0.25) is 0 Å². The number of aromatic nitrogens is 6. The van der Waals surface area contributed by atoms with Gasteiger partial charge in [-0.3, -0.25) is 24.5 Å². The summed E-state index contributed by atoms with van der Waals surface area (Å²) in [5.41, 5.74) is 15.0. The van der Waals surface area contributed by atoms with E-state index >= 15 is 0 Å². The summed E-state index contributed by atoms with van der Waals surface area (Å²) in [6.45, 7) is 0. The van der Waals surface area contributed by atoms with Gasteiger partial charge in [0.15, 0.2) is 0 Å². The molecular weight excluding hydrogens is 606 g/mol. The van der Waals surface area contributed by atoms with Crippen molar-refractivity contribution >= 4 is 33.7 Å². The van der Waals surface area contributed by atoms with Crippen molar-refractivity contribution in [2.24, 2.45) is 0 Å². The third-order valence-corrected chi connectivity index (χ3v) is 5.96. The third-order valence-electron chi connectivity index (χ3n) is 5.96. The minimum Gasteiger partial charge on any atom is -0.369 e. The van der Waals surface area contributed by atoms with Gasteiger partial charge in [0.1, 0.15) is 5.69 Å². The Morgan fingerprint density at radius 2 is 1.26 bits per heavy atom. The predicted octanol–water partition coefficient (Wildman–Crippen LogP) is 2.98. The van der Waals surface area contributed by atoms with Crippen LogP contribution >= 0.6 is 0 Å². The molecule has 0 atom stereocenters. The van der Waals surface area contributed by atoms with Gasteiger partial charge in [0.2, 0.25) is 11.9 Å². The Hall–Kier alpha value is -4.65. The Balaban J connectivity index is 0.000000220. The maximum absolute atomic E-state index is 12.0. The van der Waals surface area contributed by atoms with Gasteiger partial charge in [-0.05, 0) is 66.8 Å². The van der Waals surface area contributed by atoms with Crippen molar-refractivity contribution in [1.29, 1.82) is 0 Å². The quantitative estimate of drug-likeness (QED) is 0.217. The van der Waals surface area contributed by atoms with Gasteiger partial charge in [0, 0.05) is 60.8 Å². The molecule has 0 saturated carbocycles. The molecule has 6 rings (SSSR count). The second kappa shape index (κ2) is 14.8. The molecule has 0 aliphatic carbocycles. The zero-order chi connectivity index (χ0) is 27.9. The fourth-order valence-electron chi connectivity index (χ4n) is 4.18. The second-order valence-electron chi connectivity index (χ2n) is 8.70. The van der Waals surface area contributed by atoms with E-state index in [-0.39, 0.29) is 60.1 Å². The van der Waals surface area contributed by atoms with E-state index in [1.807, 2.05) is 42.5 Å². The van der Waals surface area contributed by atoms with E-state index < -0.39 is 0 Å². The third kappa shape index (κ3) is 7.75. The number of nitrogens with one attached hydrogen (secondary N) is 2. The number of rotatable bonds is 3. The number of nitrogen functional groups attached to an aromatic ring is 2. The monoisotopic (exact) mass is 630 g/mol. The summed E-state index contributed by atoms with van der Waals surface area (Å²) in [7, 11) is 0. The summed E-state index contributed by atoms with van der Waals surface area (Å²) < 4.78 is 0. The van der Waals surface area contributed by atoms with E-state index in [4.69, 9.17) is 11.5 Å². The molecule has 0 aliphatic rings. The Morgan fingerprint density at radius 1 is 0.643 bits per heavy atom. The Morgan fingerprint density at radius 3 is 1.90 bits per heavy atom. The van der Waals surface area contributed by atoms with Gasteiger partial charge in [-0.2, -0.15) is 0 Å². The molecule has 206 valence electrons. The van der Waals surface area contributed by atoms with E-state index in [0.717, 1.165) is 24.1 Å². The number of hydrogen-bond acceptors (Lipinski definition) is 8. The van der Waals surface area contributed by atoms with Crippen molar-refractivity contribution in [3.05, 3.63) is 128 Å². The maximum atomic E-state index is 12.0. The number of aryl methyl sites for hydroxylation is 2. The summed E-state index contributed by atoms with van der Waals surface area (Å²) in [5.74, 6) is 6.11. The average molecular weight is 630 g/mol. The van der Waals surface area contributed by atoms with Crippen LogP contribution in [0.3, 0.4) is 0 Å². The zero-order valence-electron chi connectivity index (χ0n) is 22.2. The van der Waals surface area contributed by atoms with Crippen LogP contribution in [-0.4, -0.2) is 29.9 Å². The fourth-order valence-corrected chi connectivity index (χ4v) is 4.18. The number of aromatic amines is 2. The van der Waals surface area contributed by atoms with E-state index in [1.54, 1.807) is 42.7 Å². The van der Waals surface area contributed by atoms with Gasteiger partial charge in [-0.1, -0.05) is 36.3 Å². The molecule has 0 unspecified atom stereocenters. The van der Waals surface area contributed by atoms with Gasteiger partial charge >= 0.3 is 0 Å². The molecule has 2 radical (unpaired) electrons. The van der Waals surface area contributed by atoms with E-state index in [2.05, 4.69) is 41.7 Å². The largest absolute Gasteiger partial charge is 0.369 e. The fraction of sp³-hybridized carbons (Fsp3) is 0.0667. The molecule has 10 nitrogen and oxygen atoms in total. The van der Waals surface area contributed by atoms with Crippen LogP contribution in [0.5, 0.6) is 0 Å². The molecular formula is C30H24N8O2V2. The minimum absolute atomic E-state index is 0. The van der Waals surface area contributed by atoms with Crippen LogP contribution in [0.1, 0.15) is 22.5 Å². The van der Waals surface area contributed by atoms with Crippen molar-refractivity contribution in [2.45, 2.75) is 12.8 Å². The van der Waals surface area contributed by atoms with Gasteiger partial charge in [-0.15, -0.1) is 0 Å². The van der Waals surface area contributed by atoms with Gasteiger partial charge < -0.3 is 11.5 Å².